The van der Waals surface area contributed by atoms with Crippen molar-refractivity contribution in [3.05, 3.63) is 35.9 Å². The summed E-state index contributed by atoms with van der Waals surface area (Å²) < 4.78 is 5.76. The monoisotopic (exact) mass is 306 g/mol. The van der Waals surface area contributed by atoms with Gasteiger partial charge in [0.2, 0.25) is 0 Å². The zero-order valence-electron chi connectivity index (χ0n) is 13.9. The van der Waals surface area contributed by atoms with Crippen LogP contribution in [0.2, 0.25) is 0 Å². The second-order valence-corrected chi connectivity index (χ2v) is 6.55. The lowest BCUT2D eigenvalue weighted by Crippen LogP contribution is -2.41. The normalized spacial score (nSPS) is 20.5. The molecule has 0 saturated carbocycles. The van der Waals surface area contributed by atoms with Crippen LogP contribution in [0.3, 0.4) is 0 Å². The number of hydrogen-bond acceptors (Lipinski definition) is 4. The number of ether oxygens (including phenoxy) is 1. The Kier molecular flexibility index (Phi) is 7.33. The molecule has 2 rings (SSSR count). The van der Waals surface area contributed by atoms with Gasteiger partial charge in [0.05, 0.1) is 12.2 Å². The SMILES string of the molecule is CN(Cc1ccccc1)CC(O)CN(C)CC1CCCCO1. The van der Waals surface area contributed by atoms with E-state index in [9.17, 15) is 5.11 Å². The number of benzene rings is 1. The number of hydrogen-bond donors (Lipinski definition) is 1. The van der Waals surface area contributed by atoms with Crippen LogP contribution in [-0.2, 0) is 11.3 Å². The van der Waals surface area contributed by atoms with Crippen LogP contribution in [0.25, 0.3) is 0 Å². The van der Waals surface area contributed by atoms with Gasteiger partial charge in [-0.2, -0.15) is 0 Å². The minimum absolute atomic E-state index is 0.331. The molecule has 1 aromatic rings. The van der Waals surface area contributed by atoms with Crippen LogP contribution < -0.4 is 0 Å². The summed E-state index contributed by atoms with van der Waals surface area (Å²) in [6.45, 7) is 4.05. The van der Waals surface area contributed by atoms with E-state index in [0.717, 1.165) is 26.1 Å². The number of aliphatic hydroxyl groups excluding tert-OH is 1. The first-order chi connectivity index (χ1) is 10.6. The predicted octanol–water partition coefficient (Wildman–Crippen LogP) is 1.98. The van der Waals surface area contributed by atoms with Crippen LogP contribution >= 0.6 is 0 Å². The van der Waals surface area contributed by atoms with E-state index in [1.165, 1.54) is 18.4 Å². The molecule has 1 aliphatic rings. The maximum atomic E-state index is 10.3. The smallest absolute Gasteiger partial charge is 0.0793 e. The van der Waals surface area contributed by atoms with Crippen molar-refractivity contribution in [2.24, 2.45) is 0 Å². The van der Waals surface area contributed by atoms with Crippen molar-refractivity contribution in [2.45, 2.75) is 38.0 Å². The van der Waals surface area contributed by atoms with Gasteiger partial charge in [-0.05, 0) is 38.9 Å². The molecule has 124 valence electrons. The molecule has 2 atom stereocenters. The van der Waals surface area contributed by atoms with Gasteiger partial charge in [-0.1, -0.05) is 30.3 Å². The van der Waals surface area contributed by atoms with Gasteiger partial charge in [-0.3, -0.25) is 4.90 Å². The molecular weight excluding hydrogens is 276 g/mol. The van der Waals surface area contributed by atoms with Gasteiger partial charge in [-0.15, -0.1) is 0 Å². The average molecular weight is 306 g/mol. The Balaban J connectivity index is 1.66. The molecule has 2 unspecified atom stereocenters. The highest BCUT2D eigenvalue weighted by Gasteiger charge is 2.18. The summed E-state index contributed by atoms with van der Waals surface area (Å²) in [5.74, 6) is 0. The summed E-state index contributed by atoms with van der Waals surface area (Å²) in [5.41, 5.74) is 1.28. The molecule has 0 bridgehead atoms. The molecule has 1 heterocycles. The van der Waals surface area contributed by atoms with Crippen LogP contribution in [0.15, 0.2) is 30.3 Å². The van der Waals surface area contributed by atoms with Crippen LogP contribution in [-0.4, -0.2) is 67.5 Å². The Morgan fingerprint density at radius 1 is 1.14 bits per heavy atom. The Morgan fingerprint density at radius 3 is 2.55 bits per heavy atom. The molecule has 1 N–H and O–H groups in total. The fourth-order valence-corrected chi connectivity index (χ4v) is 3.11. The third-order valence-corrected chi connectivity index (χ3v) is 4.13. The van der Waals surface area contributed by atoms with Crippen molar-refractivity contribution in [1.29, 1.82) is 0 Å². The summed E-state index contributed by atoms with van der Waals surface area (Å²) in [7, 11) is 4.12. The van der Waals surface area contributed by atoms with Crippen molar-refractivity contribution in [2.75, 3.05) is 40.3 Å². The first kappa shape index (κ1) is 17.4. The quantitative estimate of drug-likeness (QED) is 0.797. The van der Waals surface area contributed by atoms with Gasteiger partial charge in [0.15, 0.2) is 0 Å². The van der Waals surface area contributed by atoms with E-state index in [0.29, 0.717) is 19.2 Å². The molecule has 1 fully saturated rings. The zero-order valence-corrected chi connectivity index (χ0v) is 13.9. The first-order valence-corrected chi connectivity index (χ1v) is 8.34. The van der Waals surface area contributed by atoms with Crippen LogP contribution in [0, 0.1) is 0 Å². The van der Waals surface area contributed by atoms with Crippen molar-refractivity contribution in [3.63, 3.8) is 0 Å². The topological polar surface area (TPSA) is 35.9 Å². The molecule has 0 radical (unpaired) electrons. The summed E-state index contributed by atoms with van der Waals surface area (Å²) in [6, 6.07) is 10.4. The van der Waals surface area contributed by atoms with Gasteiger partial charge in [0.25, 0.3) is 0 Å². The Labute approximate surface area is 134 Å². The molecule has 4 heteroatoms. The maximum absolute atomic E-state index is 10.3. The molecule has 1 aliphatic heterocycles. The first-order valence-electron chi connectivity index (χ1n) is 8.34. The third kappa shape index (κ3) is 6.44. The standard InChI is InChI=1S/C18H30N2O2/c1-19(12-16-8-4-3-5-9-16)13-17(21)14-20(2)15-18-10-6-7-11-22-18/h3-5,8-9,17-18,21H,6-7,10-15H2,1-2H3. The zero-order chi connectivity index (χ0) is 15.8. The van der Waals surface area contributed by atoms with Crippen molar-refractivity contribution < 1.29 is 9.84 Å². The Morgan fingerprint density at radius 2 is 1.86 bits per heavy atom. The fraction of sp³-hybridized carbons (Fsp3) is 0.667. The molecule has 0 aliphatic carbocycles. The molecule has 0 aromatic heterocycles. The van der Waals surface area contributed by atoms with Crippen molar-refractivity contribution >= 4 is 0 Å². The minimum Gasteiger partial charge on any atom is -0.390 e. The van der Waals surface area contributed by atoms with Gasteiger partial charge >= 0.3 is 0 Å². The Bertz CT molecular complexity index is 407. The second kappa shape index (κ2) is 9.26. The summed E-state index contributed by atoms with van der Waals surface area (Å²) in [6.07, 6.45) is 3.61. The Hall–Kier alpha value is -0.940. The molecule has 22 heavy (non-hydrogen) atoms. The highest BCUT2D eigenvalue weighted by molar-refractivity contribution is 5.14. The molecule has 0 amide bonds. The predicted molar refractivity (Wildman–Crippen MR) is 89.9 cm³/mol. The van der Waals surface area contributed by atoms with E-state index in [4.69, 9.17) is 4.74 Å². The number of rotatable bonds is 8. The molecule has 4 nitrogen and oxygen atoms in total. The van der Waals surface area contributed by atoms with Gasteiger partial charge in [0, 0.05) is 32.8 Å². The number of nitrogens with zero attached hydrogens (tertiary/aromatic N) is 2. The van der Waals surface area contributed by atoms with E-state index in [1.807, 2.05) is 6.07 Å². The van der Waals surface area contributed by atoms with Gasteiger partial charge < -0.3 is 14.7 Å². The summed E-state index contributed by atoms with van der Waals surface area (Å²) >= 11 is 0. The average Bonchev–Trinajstić information content (AvgIpc) is 2.48. The van der Waals surface area contributed by atoms with Gasteiger partial charge in [0.1, 0.15) is 0 Å². The van der Waals surface area contributed by atoms with Crippen LogP contribution in [0.1, 0.15) is 24.8 Å². The lowest BCUT2D eigenvalue weighted by atomic mass is 10.1. The second-order valence-electron chi connectivity index (χ2n) is 6.55. The summed E-state index contributed by atoms with van der Waals surface area (Å²) in [4.78, 5) is 4.36. The minimum atomic E-state index is -0.331. The van der Waals surface area contributed by atoms with Crippen molar-refractivity contribution in [3.8, 4) is 0 Å². The number of aliphatic hydroxyl groups is 1. The van der Waals surface area contributed by atoms with Crippen LogP contribution in [0.5, 0.6) is 0 Å². The van der Waals surface area contributed by atoms with E-state index in [2.05, 4.69) is 48.2 Å². The molecule has 1 aromatic carbocycles. The van der Waals surface area contributed by atoms with E-state index < -0.39 is 0 Å². The van der Waals surface area contributed by atoms with E-state index in [1.54, 1.807) is 0 Å². The summed E-state index contributed by atoms with van der Waals surface area (Å²) in [5, 5.41) is 10.3. The number of likely N-dealkylation sites (N-methyl/N-ethyl adjacent to an activating group) is 2. The molecule has 0 spiro atoms. The fourth-order valence-electron chi connectivity index (χ4n) is 3.11. The maximum Gasteiger partial charge on any atom is 0.0793 e. The lowest BCUT2D eigenvalue weighted by molar-refractivity contribution is -0.00965. The van der Waals surface area contributed by atoms with Crippen LogP contribution in [0.4, 0.5) is 0 Å². The highest BCUT2D eigenvalue weighted by Crippen LogP contribution is 2.13. The molecule has 1 saturated heterocycles. The van der Waals surface area contributed by atoms with E-state index in [-0.39, 0.29) is 6.10 Å². The van der Waals surface area contributed by atoms with Crippen molar-refractivity contribution in [1.82, 2.24) is 9.80 Å². The van der Waals surface area contributed by atoms with Gasteiger partial charge in [-0.25, -0.2) is 0 Å². The van der Waals surface area contributed by atoms with E-state index >= 15 is 0 Å². The largest absolute Gasteiger partial charge is 0.390 e. The molecular formula is C18H30N2O2. The highest BCUT2D eigenvalue weighted by atomic mass is 16.5. The third-order valence-electron chi connectivity index (χ3n) is 4.13. The lowest BCUT2D eigenvalue weighted by Gasteiger charge is -2.29.